The molecular weight excluding hydrogens is 313 g/mol. The van der Waals surface area contributed by atoms with Crippen molar-refractivity contribution in [3.8, 4) is 0 Å². The minimum atomic E-state index is -2.75. The third-order valence-electron chi connectivity index (χ3n) is 2.14. The predicted octanol–water partition coefficient (Wildman–Crippen LogP) is 2.60. The molecule has 0 amide bonds. The summed E-state index contributed by atoms with van der Waals surface area (Å²) >= 11 is 0. The summed E-state index contributed by atoms with van der Waals surface area (Å²) in [5.74, 6) is 0.316. The van der Waals surface area contributed by atoms with Crippen molar-refractivity contribution in [1.29, 1.82) is 0 Å². The molecule has 1 heterocycles. The maximum absolute atomic E-state index is 11.9. The van der Waals surface area contributed by atoms with Crippen LogP contribution in [0.4, 0.5) is 8.78 Å². The Kier molecular flexibility index (Phi) is 8.11. The molecule has 3 nitrogen and oxygen atoms in total. The minimum Gasteiger partial charge on any atom is -0.405 e. The van der Waals surface area contributed by atoms with E-state index in [1.165, 1.54) is 6.20 Å². The molecule has 0 aromatic carbocycles. The van der Waals surface area contributed by atoms with Crippen LogP contribution in [0.1, 0.15) is 31.0 Å². The number of allylic oxidation sites excluding steroid dienone is 1. The Morgan fingerprint density at radius 1 is 1.50 bits per heavy atom. The first-order valence-corrected chi connectivity index (χ1v) is 5.15. The second kappa shape index (κ2) is 8.43. The number of nitrogens with zero attached hydrogens (tertiary/aromatic N) is 2. The number of hydrogen-bond donors (Lipinski definition) is 1. The van der Waals surface area contributed by atoms with Gasteiger partial charge in [0.2, 0.25) is 0 Å². The molecule has 0 saturated carbocycles. The Morgan fingerprint density at radius 2 is 2.17 bits per heavy atom. The first-order chi connectivity index (χ1) is 8.04. The Bertz CT molecular complexity index is 414. The van der Waals surface area contributed by atoms with Gasteiger partial charge in [-0.3, -0.25) is 0 Å². The molecule has 2 N–H and O–H groups in total. The molecule has 0 atom stereocenters. The Hall–Kier alpha value is -0.676. The van der Waals surface area contributed by atoms with Crippen LogP contribution in [-0.4, -0.2) is 17.7 Å². The molecule has 0 aliphatic carbocycles. The summed E-state index contributed by atoms with van der Waals surface area (Å²) in [6.07, 6.45) is 3.85. The molecule has 0 bridgehead atoms. The van der Waals surface area contributed by atoms with E-state index in [1.54, 1.807) is 12.3 Å². The van der Waals surface area contributed by atoms with Gasteiger partial charge in [-0.05, 0) is 23.4 Å². The normalized spacial score (nSPS) is 12.2. The van der Waals surface area contributed by atoms with E-state index < -0.39 is 6.55 Å². The molecule has 6 heteroatoms. The Labute approximate surface area is 130 Å². The van der Waals surface area contributed by atoms with E-state index in [0.717, 1.165) is 11.8 Å². The van der Waals surface area contributed by atoms with Crippen molar-refractivity contribution < 1.29 is 41.5 Å². The average molecular weight is 327 g/mol. The number of nitrogens with two attached hydrogens (primary N) is 1. The molecule has 18 heavy (non-hydrogen) atoms. The van der Waals surface area contributed by atoms with Gasteiger partial charge < -0.3 is 10.7 Å². The molecule has 1 rings (SSSR count). The maximum Gasteiger partial charge on any atom is 0.331 e. The van der Waals surface area contributed by atoms with E-state index in [4.69, 9.17) is 5.73 Å². The molecule has 0 saturated heterocycles. The zero-order valence-electron chi connectivity index (χ0n) is 10.3. The van der Waals surface area contributed by atoms with Crippen molar-refractivity contribution in [2.75, 3.05) is 0 Å². The zero-order chi connectivity index (χ0) is 12.8. The van der Waals surface area contributed by atoms with Crippen LogP contribution in [0.5, 0.6) is 0 Å². The van der Waals surface area contributed by atoms with Crippen LogP contribution < -0.4 is 5.73 Å². The maximum atomic E-state index is 11.9. The van der Waals surface area contributed by atoms with Gasteiger partial charge in [0.05, 0.1) is 0 Å². The Morgan fingerprint density at radius 3 is 2.56 bits per heavy atom. The van der Waals surface area contributed by atoms with E-state index in [0.29, 0.717) is 17.2 Å². The minimum absolute atomic E-state index is 0. The van der Waals surface area contributed by atoms with Crippen LogP contribution in [0, 0.1) is 6.07 Å². The van der Waals surface area contributed by atoms with Crippen LogP contribution in [0.25, 0.3) is 5.57 Å². The van der Waals surface area contributed by atoms with Crippen molar-refractivity contribution in [3.63, 3.8) is 0 Å². The largest absolute Gasteiger partial charge is 0.405 e. The summed E-state index contributed by atoms with van der Waals surface area (Å²) in [4.78, 5) is 7.10. The summed E-state index contributed by atoms with van der Waals surface area (Å²) in [5.41, 5.74) is 7.11. The van der Waals surface area contributed by atoms with E-state index >= 15 is 0 Å². The van der Waals surface area contributed by atoms with Gasteiger partial charge in [0, 0.05) is 38.9 Å². The molecule has 1 aromatic rings. The first-order valence-electron chi connectivity index (χ1n) is 5.15. The number of aromatic nitrogens is 1. The molecule has 0 aliphatic rings. The zero-order valence-corrected chi connectivity index (χ0v) is 13.1. The van der Waals surface area contributed by atoms with Crippen molar-refractivity contribution in [3.05, 3.63) is 35.8 Å². The molecule has 0 unspecified atom stereocenters. The standard InChI is InChI=1S/C12H14F2N3.Y/c1-8(2)9-3-4-11(16-6-9)10(5-15)7-17-12(13)14;/h4-8,12H,15H2,1-2H3;/q-1;/b10-5+,17-7+;. The SMILES string of the molecule is CC(C)c1[c-]cc(C(=C/N)/C=N/C(F)F)nc1.[Y]. The van der Waals surface area contributed by atoms with E-state index in [2.05, 4.69) is 16.0 Å². The number of aliphatic imine (C=N–C) groups is 1. The number of alkyl halides is 2. The summed E-state index contributed by atoms with van der Waals surface area (Å²) in [5, 5.41) is 0. The molecule has 1 aromatic heterocycles. The van der Waals surface area contributed by atoms with Crippen LogP contribution in [0.15, 0.2) is 23.5 Å². The van der Waals surface area contributed by atoms with Gasteiger partial charge in [-0.2, -0.15) is 20.9 Å². The van der Waals surface area contributed by atoms with Crippen molar-refractivity contribution in [2.45, 2.75) is 26.3 Å². The summed E-state index contributed by atoms with van der Waals surface area (Å²) in [6.45, 7) is 1.29. The van der Waals surface area contributed by atoms with Crippen LogP contribution in [-0.2, 0) is 32.7 Å². The fraction of sp³-hybridized carbons (Fsp3) is 0.333. The van der Waals surface area contributed by atoms with Gasteiger partial charge in [0.1, 0.15) is 0 Å². The number of halogens is 2. The quantitative estimate of drug-likeness (QED) is 0.525. The smallest absolute Gasteiger partial charge is 0.331 e. The fourth-order valence-electron chi connectivity index (χ4n) is 1.17. The van der Waals surface area contributed by atoms with Crippen LogP contribution in [0.2, 0.25) is 0 Å². The second-order valence-corrected chi connectivity index (χ2v) is 3.72. The van der Waals surface area contributed by atoms with Gasteiger partial charge in [-0.25, -0.2) is 4.99 Å². The van der Waals surface area contributed by atoms with Gasteiger partial charge in [-0.15, -0.1) is 5.56 Å². The van der Waals surface area contributed by atoms with E-state index in [1.807, 2.05) is 13.8 Å². The number of rotatable bonds is 4. The van der Waals surface area contributed by atoms with Crippen molar-refractivity contribution in [2.24, 2.45) is 10.7 Å². The van der Waals surface area contributed by atoms with E-state index in [9.17, 15) is 8.78 Å². The first kappa shape index (κ1) is 17.3. The monoisotopic (exact) mass is 327 g/mol. The van der Waals surface area contributed by atoms with Gasteiger partial charge in [0.25, 0.3) is 0 Å². The van der Waals surface area contributed by atoms with Gasteiger partial charge in [0.15, 0.2) is 0 Å². The third kappa shape index (κ3) is 5.31. The molecule has 0 fully saturated rings. The molecule has 0 spiro atoms. The Balaban J connectivity index is 0.00000289. The second-order valence-electron chi connectivity index (χ2n) is 3.72. The summed E-state index contributed by atoms with van der Waals surface area (Å²) in [6, 6.07) is 4.65. The number of hydrogen-bond acceptors (Lipinski definition) is 3. The third-order valence-corrected chi connectivity index (χ3v) is 2.14. The summed E-state index contributed by atoms with van der Waals surface area (Å²) in [7, 11) is 0. The number of pyridine rings is 1. The average Bonchev–Trinajstić information content (AvgIpc) is 2.30. The van der Waals surface area contributed by atoms with Crippen molar-refractivity contribution >= 4 is 11.8 Å². The molecule has 0 aliphatic heterocycles. The van der Waals surface area contributed by atoms with Crippen molar-refractivity contribution in [1.82, 2.24) is 4.98 Å². The summed E-state index contributed by atoms with van der Waals surface area (Å²) < 4.78 is 23.8. The van der Waals surface area contributed by atoms with Crippen LogP contribution in [0.3, 0.4) is 0 Å². The fourth-order valence-corrected chi connectivity index (χ4v) is 1.17. The molecule has 95 valence electrons. The van der Waals surface area contributed by atoms with Gasteiger partial charge in [-0.1, -0.05) is 20.0 Å². The molecule has 1 radical (unpaired) electrons. The molecular formula is C12H14F2N3Y-. The topological polar surface area (TPSA) is 51.3 Å². The predicted molar refractivity (Wildman–Crippen MR) is 63.8 cm³/mol. The van der Waals surface area contributed by atoms with E-state index in [-0.39, 0.29) is 32.7 Å². The van der Waals surface area contributed by atoms with Crippen LogP contribution >= 0.6 is 0 Å². The van der Waals surface area contributed by atoms with Gasteiger partial charge >= 0.3 is 6.55 Å².